The number of carbonyl (C=O) groups excluding carboxylic acids is 1. The Morgan fingerprint density at radius 1 is 1.06 bits per heavy atom. The normalized spacial score (nSPS) is 11.4. The molecule has 0 atom stereocenters. The third kappa shape index (κ3) is 4.38. The number of amides is 1. The Bertz CT molecular complexity index is 1230. The number of anilines is 1. The van der Waals surface area contributed by atoms with E-state index < -0.39 is 5.91 Å². The summed E-state index contributed by atoms with van der Waals surface area (Å²) in [6.45, 7) is 9.44. The maximum absolute atomic E-state index is 13.2. The van der Waals surface area contributed by atoms with E-state index in [9.17, 15) is 9.18 Å². The van der Waals surface area contributed by atoms with Crippen LogP contribution in [-0.2, 0) is 6.54 Å². The van der Waals surface area contributed by atoms with Gasteiger partial charge < -0.3 is 9.47 Å². The first-order chi connectivity index (χ1) is 15.5. The van der Waals surface area contributed by atoms with Gasteiger partial charge >= 0.3 is 0 Å². The third-order valence-corrected chi connectivity index (χ3v) is 5.46. The molecule has 0 unspecified atom stereocenters. The van der Waals surface area contributed by atoms with Gasteiger partial charge in [-0.2, -0.15) is 0 Å². The van der Waals surface area contributed by atoms with Crippen LogP contribution in [0.3, 0.4) is 0 Å². The average molecular weight is 436 g/mol. The Balaban J connectivity index is 1.60. The van der Waals surface area contributed by atoms with Crippen molar-refractivity contribution in [3.63, 3.8) is 0 Å². The molecule has 166 valence electrons. The van der Waals surface area contributed by atoms with E-state index >= 15 is 0 Å². The molecule has 0 radical (unpaired) electrons. The number of halogens is 1. The molecular formula is C23H26FN7O. The fourth-order valence-corrected chi connectivity index (χ4v) is 3.65. The highest BCUT2D eigenvalue weighted by Crippen LogP contribution is 2.20. The quantitative estimate of drug-likeness (QED) is 0.457. The van der Waals surface area contributed by atoms with Gasteiger partial charge in [-0.15, -0.1) is 5.10 Å². The number of para-hydroxylation sites is 2. The van der Waals surface area contributed by atoms with Crippen LogP contribution in [0.4, 0.5) is 10.3 Å². The second kappa shape index (κ2) is 9.27. The summed E-state index contributed by atoms with van der Waals surface area (Å²) in [5.41, 5.74) is 2.39. The van der Waals surface area contributed by atoms with Gasteiger partial charge in [-0.3, -0.25) is 10.1 Å². The Labute approximate surface area is 185 Å². The first-order valence-corrected chi connectivity index (χ1v) is 10.7. The van der Waals surface area contributed by atoms with E-state index in [0.29, 0.717) is 24.0 Å². The molecule has 0 saturated carbocycles. The maximum Gasteiger partial charge on any atom is 0.297 e. The molecule has 9 heteroatoms. The minimum Gasteiger partial charge on any atom is -0.309 e. The molecule has 2 heterocycles. The zero-order chi connectivity index (χ0) is 22.7. The van der Waals surface area contributed by atoms with E-state index in [0.717, 1.165) is 30.7 Å². The highest BCUT2D eigenvalue weighted by Gasteiger charge is 2.19. The van der Waals surface area contributed by atoms with Crippen LogP contribution in [0, 0.1) is 12.7 Å². The lowest BCUT2D eigenvalue weighted by Gasteiger charge is -2.19. The summed E-state index contributed by atoms with van der Waals surface area (Å²) in [5, 5.41) is 7.19. The van der Waals surface area contributed by atoms with E-state index in [4.69, 9.17) is 0 Å². The fraction of sp³-hybridized carbons (Fsp3) is 0.304. The minimum atomic E-state index is -0.451. The summed E-state index contributed by atoms with van der Waals surface area (Å²) in [7, 11) is 0. The van der Waals surface area contributed by atoms with E-state index in [-0.39, 0.29) is 11.6 Å². The number of hydrogen-bond acceptors (Lipinski definition) is 5. The average Bonchev–Trinajstić information content (AvgIpc) is 3.35. The molecule has 0 spiro atoms. The number of nitrogens with zero attached hydrogens (tertiary/aromatic N) is 6. The van der Waals surface area contributed by atoms with Gasteiger partial charge in [0.05, 0.1) is 16.7 Å². The lowest BCUT2D eigenvalue weighted by Crippen LogP contribution is -2.28. The second-order valence-electron chi connectivity index (χ2n) is 7.43. The summed E-state index contributed by atoms with van der Waals surface area (Å²) >= 11 is 0. The number of benzene rings is 2. The molecule has 0 bridgehead atoms. The molecule has 1 amide bonds. The number of likely N-dealkylation sites (N-methyl/N-ethyl adjacent to an activating group) is 1. The number of nitrogens with one attached hydrogen (secondary N) is 1. The van der Waals surface area contributed by atoms with Crippen molar-refractivity contribution in [1.29, 1.82) is 0 Å². The number of carbonyl (C=O) groups is 1. The summed E-state index contributed by atoms with van der Waals surface area (Å²) in [6.07, 6.45) is 0. The molecule has 4 rings (SSSR count). The maximum atomic E-state index is 13.2. The molecule has 4 aromatic rings. The number of fused-ring (bicyclic) bond motifs is 1. The molecule has 32 heavy (non-hydrogen) atoms. The Hall–Kier alpha value is -3.59. The zero-order valence-electron chi connectivity index (χ0n) is 18.4. The van der Waals surface area contributed by atoms with Crippen LogP contribution in [0.15, 0.2) is 48.5 Å². The highest BCUT2D eigenvalue weighted by atomic mass is 19.1. The lowest BCUT2D eigenvalue weighted by molar-refractivity contribution is 0.101. The standard InChI is InChI=1S/C23H26FN7O/c1-4-29(5-2)14-15-30-20-9-7-6-8-19(20)26-23(30)27-22(32)21-25-16(3)31(28-21)18-12-10-17(24)11-13-18/h6-13H,4-5,14-15H2,1-3H3,(H,26,27,32). The topological polar surface area (TPSA) is 80.9 Å². The molecule has 2 aromatic heterocycles. The Morgan fingerprint density at radius 3 is 2.50 bits per heavy atom. The van der Waals surface area contributed by atoms with Crippen LogP contribution in [0.5, 0.6) is 0 Å². The zero-order valence-corrected chi connectivity index (χ0v) is 18.4. The van der Waals surface area contributed by atoms with Crippen molar-refractivity contribution in [1.82, 2.24) is 29.2 Å². The number of hydrogen-bond donors (Lipinski definition) is 1. The van der Waals surface area contributed by atoms with Gasteiger partial charge in [-0.25, -0.2) is 19.0 Å². The fourth-order valence-electron chi connectivity index (χ4n) is 3.65. The molecule has 8 nitrogen and oxygen atoms in total. The second-order valence-corrected chi connectivity index (χ2v) is 7.43. The van der Waals surface area contributed by atoms with Gasteiger partial charge in [0.25, 0.3) is 5.91 Å². The largest absolute Gasteiger partial charge is 0.309 e. The number of rotatable bonds is 8. The van der Waals surface area contributed by atoms with Gasteiger partial charge in [0, 0.05) is 13.1 Å². The van der Waals surface area contributed by atoms with Crippen molar-refractivity contribution in [2.24, 2.45) is 0 Å². The Morgan fingerprint density at radius 2 is 1.78 bits per heavy atom. The van der Waals surface area contributed by atoms with Crippen molar-refractivity contribution < 1.29 is 9.18 Å². The minimum absolute atomic E-state index is 0.0224. The van der Waals surface area contributed by atoms with E-state index in [1.165, 1.54) is 16.8 Å². The van der Waals surface area contributed by atoms with Crippen LogP contribution < -0.4 is 5.32 Å². The van der Waals surface area contributed by atoms with Gasteiger partial charge in [-0.1, -0.05) is 26.0 Å². The first kappa shape index (κ1) is 21.6. The summed E-state index contributed by atoms with van der Waals surface area (Å²) < 4.78 is 16.8. The molecule has 0 fully saturated rings. The van der Waals surface area contributed by atoms with Crippen molar-refractivity contribution in [2.45, 2.75) is 27.3 Å². The molecule has 0 saturated heterocycles. The van der Waals surface area contributed by atoms with Crippen LogP contribution in [0.2, 0.25) is 0 Å². The van der Waals surface area contributed by atoms with Crippen LogP contribution in [0.25, 0.3) is 16.7 Å². The van der Waals surface area contributed by atoms with Crippen LogP contribution in [-0.4, -0.2) is 54.8 Å². The van der Waals surface area contributed by atoms with E-state index in [2.05, 4.69) is 39.1 Å². The summed E-state index contributed by atoms with van der Waals surface area (Å²) in [4.78, 5) is 24.2. The highest BCUT2D eigenvalue weighted by molar-refractivity contribution is 6.01. The molecule has 0 aliphatic rings. The van der Waals surface area contributed by atoms with Crippen LogP contribution >= 0.6 is 0 Å². The van der Waals surface area contributed by atoms with Gasteiger partial charge in [0.1, 0.15) is 11.6 Å². The smallest absolute Gasteiger partial charge is 0.297 e. The van der Waals surface area contributed by atoms with Gasteiger partial charge in [0.2, 0.25) is 11.8 Å². The molecular weight excluding hydrogens is 409 g/mol. The predicted molar refractivity (Wildman–Crippen MR) is 122 cm³/mol. The molecule has 2 aromatic carbocycles. The lowest BCUT2D eigenvalue weighted by atomic mass is 10.3. The number of aromatic nitrogens is 5. The number of aryl methyl sites for hydroxylation is 1. The summed E-state index contributed by atoms with van der Waals surface area (Å²) in [6, 6.07) is 13.7. The third-order valence-electron chi connectivity index (χ3n) is 5.46. The van der Waals surface area contributed by atoms with Crippen molar-refractivity contribution >= 4 is 22.9 Å². The van der Waals surface area contributed by atoms with E-state index in [1.807, 2.05) is 28.8 Å². The van der Waals surface area contributed by atoms with Crippen molar-refractivity contribution in [3.8, 4) is 5.69 Å². The number of imidazole rings is 1. The monoisotopic (exact) mass is 435 g/mol. The van der Waals surface area contributed by atoms with E-state index in [1.54, 1.807) is 19.1 Å². The van der Waals surface area contributed by atoms with Crippen molar-refractivity contribution in [3.05, 3.63) is 66.0 Å². The molecule has 1 N–H and O–H groups in total. The van der Waals surface area contributed by atoms with Crippen LogP contribution in [0.1, 0.15) is 30.3 Å². The van der Waals surface area contributed by atoms with Gasteiger partial charge in [-0.05, 0) is 56.4 Å². The Kier molecular flexibility index (Phi) is 6.27. The molecule has 0 aliphatic heterocycles. The summed E-state index contributed by atoms with van der Waals surface area (Å²) in [5.74, 6) is 0.214. The first-order valence-electron chi connectivity index (χ1n) is 10.7. The predicted octanol–water partition coefficient (Wildman–Crippen LogP) is 3.66. The van der Waals surface area contributed by atoms with Gasteiger partial charge in [0.15, 0.2) is 0 Å². The van der Waals surface area contributed by atoms with Crippen molar-refractivity contribution in [2.75, 3.05) is 25.0 Å². The SMILES string of the molecule is CCN(CC)CCn1c(NC(=O)c2nc(C)n(-c3ccc(F)cc3)n2)nc2ccccc21. The molecule has 0 aliphatic carbocycles.